The lowest BCUT2D eigenvalue weighted by atomic mass is 10.1. The van der Waals surface area contributed by atoms with Crippen LogP contribution in [0.1, 0.15) is 12.1 Å². The molecule has 2 rings (SSSR count). The molecule has 0 bridgehead atoms. The van der Waals surface area contributed by atoms with Crippen LogP contribution in [0.25, 0.3) is 0 Å². The summed E-state index contributed by atoms with van der Waals surface area (Å²) < 4.78 is 38.2. The zero-order valence-electron chi connectivity index (χ0n) is 8.87. The van der Waals surface area contributed by atoms with Crippen LogP contribution in [0.3, 0.4) is 0 Å². The van der Waals surface area contributed by atoms with Crippen molar-refractivity contribution in [3.05, 3.63) is 18.4 Å². The van der Waals surface area contributed by atoms with Gasteiger partial charge in [0.2, 0.25) is 5.91 Å². The Labute approximate surface area is 97.6 Å². The Hall–Kier alpha value is -1.44. The van der Waals surface area contributed by atoms with E-state index in [2.05, 4.69) is 4.98 Å². The Kier molecular flexibility index (Phi) is 3.14. The molecule has 1 saturated heterocycles. The first kappa shape index (κ1) is 12.0. The van der Waals surface area contributed by atoms with E-state index in [1.807, 2.05) is 0 Å². The molecular weight excluding hydrogens is 251 g/mol. The fraction of sp³-hybridized carbons (Fsp3) is 0.556. The van der Waals surface area contributed by atoms with E-state index in [-0.39, 0.29) is 25.4 Å². The normalized spacial score (nSPS) is 21.1. The van der Waals surface area contributed by atoms with Gasteiger partial charge in [-0.05, 0) is 0 Å². The number of hydrogen-bond acceptors (Lipinski definition) is 5. The fourth-order valence-electron chi connectivity index (χ4n) is 1.91. The summed E-state index contributed by atoms with van der Waals surface area (Å²) in [5, 5.41) is 0. The van der Waals surface area contributed by atoms with Crippen LogP contribution >= 0.6 is 0 Å². The number of likely N-dealkylation sites (tertiary alicyclic amines) is 1. The molecule has 8 heteroatoms. The Morgan fingerprint density at radius 3 is 2.94 bits per heavy atom. The number of carbonyl (C=O) groups excluding carboxylic acids is 1. The van der Waals surface area contributed by atoms with Crippen molar-refractivity contribution in [1.82, 2.24) is 9.88 Å². The molecule has 1 aliphatic heterocycles. The molecule has 0 aliphatic carbocycles. The third-order valence-corrected chi connectivity index (χ3v) is 3.44. The van der Waals surface area contributed by atoms with E-state index in [1.54, 1.807) is 0 Å². The number of carbonyl (C=O) groups is 1. The maximum Gasteiger partial charge on any atom is 0.302 e. The molecule has 1 unspecified atom stereocenters. The molecule has 0 spiro atoms. The molecule has 1 fully saturated rings. The van der Waals surface area contributed by atoms with Gasteiger partial charge in [-0.1, -0.05) is 0 Å². The Morgan fingerprint density at radius 2 is 2.35 bits per heavy atom. The molecular formula is C9H11FN2O4S. The first-order valence-electron chi connectivity index (χ1n) is 5.01. The van der Waals surface area contributed by atoms with Crippen LogP contribution in [0, 0.1) is 5.92 Å². The molecule has 1 amide bonds. The van der Waals surface area contributed by atoms with E-state index in [0.717, 1.165) is 0 Å². The predicted octanol–water partition coefficient (Wildman–Crippen LogP) is 0.322. The molecule has 0 saturated carbocycles. The molecule has 0 radical (unpaired) electrons. The molecule has 1 aliphatic rings. The summed E-state index contributed by atoms with van der Waals surface area (Å²) in [6.45, 7) is 0.493. The number of halogens is 1. The van der Waals surface area contributed by atoms with E-state index in [0.29, 0.717) is 5.69 Å². The minimum Gasteiger partial charge on any atom is -0.451 e. The summed E-state index contributed by atoms with van der Waals surface area (Å²) in [6.07, 6.45) is 2.72. The van der Waals surface area contributed by atoms with E-state index in [1.165, 1.54) is 17.6 Å². The van der Waals surface area contributed by atoms with Crippen molar-refractivity contribution >= 4 is 16.1 Å². The molecule has 2 heterocycles. The van der Waals surface area contributed by atoms with Gasteiger partial charge < -0.3 is 9.32 Å². The average molecular weight is 262 g/mol. The molecule has 6 nitrogen and oxygen atoms in total. The molecule has 1 aromatic rings. The summed E-state index contributed by atoms with van der Waals surface area (Å²) in [6, 6.07) is 0. The molecule has 1 atom stereocenters. The third-order valence-electron chi connectivity index (χ3n) is 2.57. The van der Waals surface area contributed by atoms with Crippen molar-refractivity contribution in [3.63, 3.8) is 0 Å². The van der Waals surface area contributed by atoms with Crippen LogP contribution < -0.4 is 0 Å². The maximum atomic E-state index is 12.5. The van der Waals surface area contributed by atoms with Gasteiger partial charge in [-0.25, -0.2) is 4.98 Å². The smallest absolute Gasteiger partial charge is 0.302 e. The third kappa shape index (κ3) is 3.26. The summed E-state index contributed by atoms with van der Waals surface area (Å²) >= 11 is 0. The van der Waals surface area contributed by atoms with Crippen molar-refractivity contribution in [2.45, 2.75) is 13.0 Å². The van der Waals surface area contributed by atoms with Crippen molar-refractivity contribution in [1.29, 1.82) is 0 Å². The van der Waals surface area contributed by atoms with Crippen LogP contribution in [-0.4, -0.2) is 36.5 Å². The van der Waals surface area contributed by atoms with Gasteiger partial charge in [-0.2, -0.15) is 8.42 Å². The highest BCUT2D eigenvalue weighted by atomic mass is 32.3. The van der Waals surface area contributed by atoms with Crippen molar-refractivity contribution in [2.24, 2.45) is 5.92 Å². The summed E-state index contributed by atoms with van der Waals surface area (Å²) in [5.74, 6) is -1.28. The summed E-state index contributed by atoms with van der Waals surface area (Å²) in [7, 11) is -4.53. The number of amides is 1. The highest BCUT2D eigenvalue weighted by Crippen LogP contribution is 2.21. The molecule has 94 valence electrons. The highest BCUT2D eigenvalue weighted by molar-refractivity contribution is 7.86. The number of nitrogens with zero attached hydrogens (tertiary/aromatic N) is 2. The Morgan fingerprint density at radius 1 is 1.59 bits per heavy atom. The topological polar surface area (TPSA) is 80.5 Å². The Balaban J connectivity index is 1.96. The predicted molar refractivity (Wildman–Crippen MR) is 54.9 cm³/mol. The zero-order valence-corrected chi connectivity index (χ0v) is 9.69. The van der Waals surface area contributed by atoms with E-state index >= 15 is 0 Å². The van der Waals surface area contributed by atoms with Gasteiger partial charge in [0.25, 0.3) is 0 Å². The van der Waals surface area contributed by atoms with Gasteiger partial charge in [0, 0.05) is 18.9 Å². The monoisotopic (exact) mass is 262 g/mol. The average Bonchev–Trinajstić information content (AvgIpc) is 2.75. The maximum absolute atomic E-state index is 12.5. The minimum atomic E-state index is -4.53. The standard InChI is InChI=1S/C9H11FN2O4S/c10-17(14,15)5-7-1-9(13)12(2-7)3-8-4-16-6-11-8/h4,6-7H,1-3,5H2. The van der Waals surface area contributed by atoms with Gasteiger partial charge in [0.05, 0.1) is 18.0 Å². The molecule has 0 aromatic carbocycles. The molecule has 1 aromatic heterocycles. The van der Waals surface area contributed by atoms with Crippen LogP contribution in [0.15, 0.2) is 17.1 Å². The van der Waals surface area contributed by atoms with E-state index < -0.39 is 21.9 Å². The largest absolute Gasteiger partial charge is 0.451 e. The lowest BCUT2D eigenvalue weighted by molar-refractivity contribution is -0.128. The van der Waals surface area contributed by atoms with Crippen molar-refractivity contribution in [2.75, 3.05) is 12.3 Å². The van der Waals surface area contributed by atoms with Crippen LogP contribution in [0.2, 0.25) is 0 Å². The van der Waals surface area contributed by atoms with Gasteiger partial charge in [-0.15, -0.1) is 3.89 Å². The highest BCUT2D eigenvalue weighted by Gasteiger charge is 2.32. The first-order valence-corrected chi connectivity index (χ1v) is 6.56. The second-order valence-electron chi connectivity index (χ2n) is 4.03. The van der Waals surface area contributed by atoms with Gasteiger partial charge in [0.15, 0.2) is 6.39 Å². The number of rotatable bonds is 4. The van der Waals surface area contributed by atoms with E-state index in [9.17, 15) is 17.1 Å². The van der Waals surface area contributed by atoms with Gasteiger partial charge in [-0.3, -0.25) is 4.79 Å². The zero-order chi connectivity index (χ0) is 12.5. The van der Waals surface area contributed by atoms with Gasteiger partial charge in [0.1, 0.15) is 6.26 Å². The van der Waals surface area contributed by atoms with Crippen molar-refractivity contribution < 1.29 is 21.5 Å². The van der Waals surface area contributed by atoms with E-state index in [4.69, 9.17) is 4.42 Å². The van der Waals surface area contributed by atoms with Crippen LogP contribution in [-0.2, 0) is 21.6 Å². The number of hydrogen-bond donors (Lipinski definition) is 0. The summed E-state index contributed by atoms with van der Waals surface area (Å²) in [4.78, 5) is 16.9. The molecule has 0 N–H and O–H groups in total. The lowest BCUT2D eigenvalue weighted by Gasteiger charge is -2.14. The Bertz CT molecular complexity index is 499. The quantitative estimate of drug-likeness (QED) is 0.730. The van der Waals surface area contributed by atoms with Crippen LogP contribution in [0.4, 0.5) is 3.89 Å². The van der Waals surface area contributed by atoms with Crippen LogP contribution in [0.5, 0.6) is 0 Å². The lowest BCUT2D eigenvalue weighted by Crippen LogP contribution is -2.25. The number of oxazole rings is 1. The first-order chi connectivity index (χ1) is 7.94. The fourth-order valence-corrected chi connectivity index (χ4v) is 2.70. The second kappa shape index (κ2) is 4.44. The second-order valence-corrected chi connectivity index (χ2v) is 5.44. The van der Waals surface area contributed by atoms with Gasteiger partial charge >= 0.3 is 10.2 Å². The minimum absolute atomic E-state index is 0.0565. The SMILES string of the molecule is O=C1CC(CS(=O)(=O)F)CN1Cc1cocn1. The molecule has 17 heavy (non-hydrogen) atoms. The van der Waals surface area contributed by atoms with Crippen molar-refractivity contribution in [3.8, 4) is 0 Å². The summed E-state index contributed by atoms with van der Waals surface area (Å²) in [5.41, 5.74) is 0.585. The number of aromatic nitrogens is 1.